The lowest BCUT2D eigenvalue weighted by molar-refractivity contribution is -0.113. The van der Waals surface area contributed by atoms with Crippen LogP contribution in [0.5, 0.6) is 0 Å². The van der Waals surface area contributed by atoms with Crippen LogP contribution in [0.1, 0.15) is 18.4 Å². The Bertz CT molecular complexity index is 1130. The topological polar surface area (TPSA) is 77.6 Å². The third-order valence-electron chi connectivity index (χ3n) is 4.65. The fraction of sp³-hybridized carbons (Fsp3) is 0.238. The van der Waals surface area contributed by atoms with Crippen LogP contribution in [0.3, 0.4) is 0 Å². The molecule has 154 valence electrons. The summed E-state index contributed by atoms with van der Waals surface area (Å²) in [6.45, 7) is 2.81. The largest absolute Gasteiger partial charge is 0.354 e. The Kier molecular flexibility index (Phi) is 6.29. The number of aromatic nitrogens is 5. The fourth-order valence-corrected chi connectivity index (χ4v) is 4.63. The highest BCUT2D eigenvalue weighted by molar-refractivity contribution is 7.99. The van der Waals surface area contributed by atoms with Crippen LogP contribution in [0.15, 0.2) is 59.2 Å². The van der Waals surface area contributed by atoms with Crippen molar-refractivity contribution in [2.45, 2.75) is 25.0 Å². The van der Waals surface area contributed by atoms with Crippen molar-refractivity contribution in [2.75, 3.05) is 11.1 Å². The van der Waals surface area contributed by atoms with E-state index >= 15 is 0 Å². The van der Waals surface area contributed by atoms with Gasteiger partial charge in [-0.25, -0.2) is 4.98 Å². The van der Waals surface area contributed by atoms with Crippen LogP contribution in [0.25, 0.3) is 11.3 Å². The van der Waals surface area contributed by atoms with Crippen LogP contribution in [0.2, 0.25) is 0 Å². The number of hydrogen-bond acceptors (Lipinski definition) is 6. The molecule has 1 amide bonds. The van der Waals surface area contributed by atoms with E-state index in [1.807, 2.05) is 55.0 Å². The Morgan fingerprint density at radius 1 is 1.17 bits per heavy atom. The van der Waals surface area contributed by atoms with E-state index in [1.54, 1.807) is 0 Å². The molecule has 0 bridgehead atoms. The summed E-state index contributed by atoms with van der Waals surface area (Å²) >= 11 is 2.81. The van der Waals surface area contributed by atoms with Gasteiger partial charge in [0.15, 0.2) is 10.3 Å². The first-order valence-corrected chi connectivity index (χ1v) is 11.5. The van der Waals surface area contributed by atoms with Crippen molar-refractivity contribution >= 4 is 34.1 Å². The number of amides is 1. The first-order valence-electron chi connectivity index (χ1n) is 9.60. The number of carbonyl (C=O) groups excluding carboxylic acids is 1. The number of rotatable bonds is 8. The molecule has 0 aliphatic heterocycles. The minimum Gasteiger partial charge on any atom is -0.354 e. The van der Waals surface area contributed by atoms with E-state index in [4.69, 9.17) is 0 Å². The molecular weight excluding hydrogens is 416 g/mol. The molecule has 0 aliphatic rings. The number of benzene rings is 1. The zero-order valence-corrected chi connectivity index (χ0v) is 18.4. The Morgan fingerprint density at radius 2 is 2.00 bits per heavy atom. The molecule has 0 saturated heterocycles. The van der Waals surface area contributed by atoms with Gasteiger partial charge in [0.2, 0.25) is 5.91 Å². The number of anilines is 1. The maximum atomic E-state index is 12.4. The van der Waals surface area contributed by atoms with Gasteiger partial charge in [-0.05, 0) is 19.1 Å². The average molecular weight is 439 g/mol. The molecule has 4 aromatic rings. The molecule has 0 fully saturated rings. The van der Waals surface area contributed by atoms with Crippen LogP contribution in [-0.4, -0.2) is 36.0 Å². The van der Waals surface area contributed by atoms with Crippen molar-refractivity contribution in [3.05, 3.63) is 65.6 Å². The lowest BCUT2D eigenvalue weighted by Crippen LogP contribution is -2.14. The summed E-state index contributed by atoms with van der Waals surface area (Å²) in [6, 6.07) is 14.0. The second-order valence-corrected chi connectivity index (χ2v) is 8.47. The van der Waals surface area contributed by atoms with Crippen LogP contribution < -0.4 is 5.32 Å². The summed E-state index contributed by atoms with van der Waals surface area (Å²) in [7, 11) is 2.02. The second kappa shape index (κ2) is 9.27. The molecule has 3 heterocycles. The van der Waals surface area contributed by atoms with Crippen molar-refractivity contribution < 1.29 is 4.79 Å². The molecule has 1 N–H and O–H groups in total. The van der Waals surface area contributed by atoms with E-state index in [-0.39, 0.29) is 11.7 Å². The van der Waals surface area contributed by atoms with Gasteiger partial charge in [-0.3, -0.25) is 4.79 Å². The summed E-state index contributed by atoms with van der Waals surface area (Å²) in [5.41, 5.74) is 3.06. The first kappa shape index (κ1) is 20.4. The molecule has 4 rings (SSSR count). The molecule has 0 radical (unpaired) electrons. The number of carbonyl (C=O) groups is 1. The molecule has 1 aromatic carbocycles. The lowest BCUT2D eigenvalue weighted by Gasteiger charge is -2.08. The molecule has 0 saturated carbocycles. The number of hydrogen-bond donors (Lipinski definition) is 1. The van der Waals surface area contributed by atoms with Gasteiger partial charge < -0.3 is 14.5 Å². The molecule has 3 aromatic heterocycles. The molecule has 30 heavy (non-hydrogen) atoms. The predicted octanol–water partition coefficient (Wildman–Crippen LogP) is 4.08. The smallest absolute Gasteiger partial charge is 0.236 e. The maximum absolute atomic E-state index is 12.4. The Labute approximate surface area is 183 Å². The number of aryl methyl sites for hydroxylation is 1. The van der Waals surface area contributed by atoms with Gasteiger partial charge in [-0.2, -0.15) is 0 Å². The molecule has 0 spiro atoms. The van der Waals surface area contributed by atoms with Gasteiger partial charge in [0, 0.05) is 42.8 Å². The normalized spacial score (nSPS) is 11.0. The van der Waals surface area contributed by atoms with Gasteiger partial charge >= 0.3 is 0 Å². The lowest BCUT2D eigenvalue weighted by atomic mass is 10.2. The van der Waals surface area contributed by atoms with Gasteiger partial charge in [0.05, 0.1) is 11.4 Å². The van der Waals surface area contributed by atoms with E-state index in [1.165, 1.54) is 28.8 Å². The quantitative estimate of drug-likeness (QED) is 0.420. The Morgan fingerprint density at radius 3 is 2.73 bits per heavy atom. The van der Waals surface area contributed by atoms with E-state index in [0.717, 1.165) is 28.8 Å². The fourth-order valence-electron chi connectivity index (χ4n) is 3.07. The predicted molar refractivity (Wildman–Crippen MR) is 121 cm³/mol. The highest BCUT2D eigenvalue weighted by Gasteiger charge is 2.15. The van der Waals surface area contributed by atoms with Crippen LogP contribution in [-0.2, 0) is 24.8 Å². The second-order valence-electron chi connectivity index (χ2n) is 6.67. The molecule has 0 unspecified atom stereocenters. The van der Waals surface area contributed by atoms with Crippen molar-refractivity contribution in [1.82, 2.24) is 24.3 Å². The van der Waals surface area contributed by atoms with E-state index in [2.05, 4.69) is 42.6 Å². The summed E-state index contributed by atoms with van der Waals surface area (Å²) in [6.07, 6.45) is 2.72. The maximum Gasteiger partial charge on any atom is 0.236 e. The molecule has 0 atom stereocenters. The zero-order chi connectivity index (χ0) is 20.9. The summed E-state index contributed by atoms with van der Waals surface area (Å²) in [4.78, 5) is 16.9. The zero-order valence-electron chi connectivity index (χ0n) is 16.8. The summed E-state index contributed by atoms with van der Waals surface area (Å²) in [5.74, 6) is 1.04. The number of thioether (sulfide) groups is 1. The van der Waals surface area contributed by atoms with Crippen molar-refractivity contribution in [3.8, 4) is 11.3 Å². The Hall–Kier alpha value is -2.91. The van der Waals surface area contributed by atoms with Crippen molar-refractivity contribution in [2.24, 2.45) is 7.05 Å². The highest BCUT2D eigenvalue weighted by Crippen LogP contribution is 2.25. The van der Waals surface area contributed by atoms with Crippen LogP contribution in [0.4, 0.5) is 5.13 Å². The molecule has 9 heteroatoms. The minimum atomic E-state index is -0.108. The van der Waals surface area contributed by atoms with Crippen LogP contribution >= 0.6 is 23.1 Å². The van der Waals surface area contributed by atoms with Gasteiger partial charge in [0.25, 0.3) is 0 Å². The number of nitrogens with zero attached hydrogens (tertiary/aromatic N) is 5. The van der Waals surface area contributed by atoms with E-state index in [0.29, 0.717) is 11.6 Å². The van der Waals surface area contributed by atoms with Crippen molar-refractivity contribution in [3.63, 3.8) is 0 Å². The highest BCUT2D eigenvalue weighted by atomic mass is 32.2. The van der Waals surface area contributed by atoms with Gasteiger partial charge in [-0.1, -0.05) is 42.1 Å². The first-order chi connectivity index (χ1) is 14.6. The summed E-state index contributed by atoms with van der Waals surface area (Å²) < 4.78 is 4.13. The van der Waals surface area contributed by atoms with E-state index in [9.17, 15) is 4.79 Å². The van der Waals surface area contributed by atoms with Gasteiger partial charge in [-0.15, -0.1) is 21.5 Å². The standard InChI is InChI=1S/C21H22N6OS2/c1-3-27-18(12-16-10-7-11-26(16)2)24-25-21(27)30-14-19(28)23-20-22-17(13-29-20)15-8-5-4-6-9-15/h4-11,13H,3,12,14H2,1-2H3,(H,22,23,28). The molecular formula is C21H22N6OS2. The average Bonchev–Trinajstić information content (AvgIpc) is 3.48. The molecule has 7 nitrogen and oxygen atoms in total. The Balaban J connectivity index is 1.36. The van der Waals surface area contributed by atoms with Gasteiger partial charge in [0.1, 0.15) is 5.82 Å². The van der Waals surface area contributed by atoms with Crippen LogP contribution in [0, 0.1) is 0 Å². The van der Waals surface area contributed by atoms with E-state index < -0.39 is 0 Å². The minimum absolute atomic E-state index is 0.108. The van der Waals surface area contributed by atoms with Crippen molar-refractivity contribution in [1.29, 1.82) is 0 Å². The number of thiazole rings is 1. The third-order valence-corrected chi connectivity index (χ3v) is 6.38. The third kappa shape index (κ3) is 4.63. The monoisotopic (exact) mass is 438 g/mol. The summed E-state index contributed by atoms with van der Waals surface area (Å²) in [5, 5.41) is 14.8. The molecule has 0 aliphatic carbocycles. The SMILES string of the molecule is CCn1c(Cc2cccn2C)nnc1SCC(=O)Nc1nc(-c2ccccc2)cs1. The number of nitrogens with one attached hydrogen (secondary N) is 1.